The molecule has 24 heavy (non-hydrogen) atoms. The minimum Gasteiger partial charge on any atom is -0.490 e. The third-order valence-corrected chi connectivity index (χ3v) is 4.83. The molecule has 3 unspecified atom stereocenters. The standard InChI is InChI=1S/C18H25NO5/c1-11(2)14-7-5-12(3)9-17(14)24-18(20)13-6-8-16(23-4)15(10-13)19(21)22/h6,8,10-12,14,17H,5,7,9H2,1-4H3. The van der Waals surface area contributed by atoms with Crippen LogP contribution in [0.15, 0.2) is 18.2 Å². The van der Waals surface area contributed by atoms with E-state index in [1.54, 1.807) is 0 Å². The molecule has 6 heteroatoms. The van der Waals surface area contributed by atoms with Crippen molar-refractivity contribution in [2.24, 2.45) is 17.8 Å². The molecule has 0 N–H and O–H groups in total. The fourth-order valence-corrected chi connectivity index (χ4v) is 3.42. The first kappa shape index (κ1) is 18.2. The minimum atomic E-state index is -0.560. The van der Waals surface area contributed by atoms with E-state index >= 15 is 0 Å². The first-order valence-electron chi connectivity index (χ1n) is 8.36. The van der Waals surface area contributed by atoms with Crippen molar-refractivity contribution in [1.82, 2.24) is 0 Å². The molecule has 1 aliphatic carbocycles. The summed E-state index contributed by atoms with van der Waals surface area (Å²) in [6.07, 6.45) is 2.89. The number of carbonyl (C=O) groups is 1. The number of benzene rings is 1. The lowest BCUT2D eigenvalue weighted by Gasteiger charge is -2.36. The van der Waals surface area contributed by atoms with Gasteiger partial charge in [0.15, 0.2) is 5.75 Å². The van der Waals surface area contributed by atoms with Gasteiger partial charge < -0.3 is 9.47 Å². The molecule has 0 amide bonds. The van der Waals surface area contributed by atoms with Crippen LogP contribution in [0.5, 0.6) is 5.75 Å². The van der Waals surface area contributed by atoms with Gasteiger partial charge in [0.1, 0.15) is 6.10 Å². The van der Waals surface area contributed by atoms with Crippen LogP contribution in [0.1, 0.15) is 50.4 Å². The summed E-state index contributed by atoms with van der Waals surface area (Å²) in [6, 6.07) is 4.15. The molecule has 132 valence electrons. The van der Waals surface area contributed by atoms with Crippen molar-refractivity contribution < 1.29 is 19.2 Å². The Morgan fingerprint density at radius 1 is 1.33 bits per heavy atom. The Morgan fingerprint density at radius 3 is 2.62 bits per heavy atom. The number of esters is 1. The summed E-state index contributed by atoms with van der Waals surface area (Å²) in [5.74, 6) is 0.898. The Bertz CT molecular complexity index is 613. The van der Waals surface area contributed by atoms with E-state index in [9.17, 15) is 14.9 Å². The molecule has 0 radical (unpaired) electrons. The summed E-state index contributed by atoms with van der Waals surface area (Å²) in [4.78, 5) is 23.0. The third-order valence-electron chi connectivity index (χ3n) is 4.83. The lowest BCUT2D eigenvalue weighted by Crippen LogP contribution is -2.35. The van der Waals surface area contributed by atoms with E-state index in [1.165, 1.54) is 25.3 Å². The predicted molar refractivity (Wildman–Crippen MR) is 90.2 cm³/mol. The molecule has 1 saturated carbocycles. The lowest BCUT2D eigenvalue weighted by molar-refractivity contribution is -0.385. The number of nitro groups is 1. The highest BCUT2D eigenvalue weighted by molar-refractivity contribution is 5.90. The summed E-state index contributed by atoms with van der Waals surface area (Å²) < 4.78 is 10.7. The van der Waals surface area contributed by atoms with Crippen LogP contribution in [0.4, 0.5) is 5.69 Å². The number of carbonyl (C=O) groups excluding carboxylic acids is 1. The average Bonchev–Trinajstić information content (AvgIpc) is 2.53. The van der Waals surface area contributed by atoms with E-state index in [2.05, 4.69) is 20.8 Å². The van der Waals surface area contributed by atoms with Gasteiger partial charge in [-0.25, -0.2) is 4.79 Å². The molecular weight excluding hydrogens is 310 g/mol. The smallest absolute Gasteiger partial charge is 0.338 e. The predicted octanol–water partition coefficient (Wildman–Crippen LogP) is 4.22. The average molecular weight is 335 g/mol. The van der Waals surface area contributed by atoms with Crippen molar-refractivity contribution in [2.45, 2.75) is 46.1 Å². The van der Waals surface area contributed by atoms with Gasteiger partial charge in [-0.15, -0.1) is 0 Å². The fourth-order valence-electron chi connectivity index (χ4n) is 3.42. The first-order chi connectivity index (χ1) is 11.3. The molecule has 1 aromatic carbocycles. The molecule has 0 spiro atoms. The summed E-state index contributed by atoms with van der Waals surface area (Å²) in [5, 5.41) is 11.1. The number of methoxy groups -OCH3 is 1. The zero-order chi connectivity index (χ0) is 17.9. The van der Waals surface area contributed by atoms with Crippen LogP contribution in [0.25, 0.3) is 0 Å². The summed E-state index contributed by atoms with van der Waals surface area (Å²) in [6.45, 7) is 6.44. The fraction of sp³-hybridized carbons (Fsp3) is 0.611. The molecular formula is C18H25NO5. The van der Waals surface area contributed by atoms with E-state index < -0.39 is 10.9 Å². The van der Waals surface area contributed by atoms with Gasteiger partial charge in [-0.3, -0.25) is 10.1 Å². The zero-order valence-electron chi connectivity index (χ0n) is 14.7. The Labute approximate surface area is 142 Å². The maximum atomic E-state index is 12.5. The normalized spacial score (nSPS) is 23.8. The Morgan fingerprint density at radius 2 is 2.04 bits per heavy atom. The number of rotatable bonds is 5. The maximum Gasteiger partial charge on any atom is 0.338 e. The monoisotopic (exact) mass is 335 g/mol. The van der Waals surface area contributed by atoms with E-state index in [0.29, 0.717) is 17.8 Å². The van der Waals surface area contributed by atoms with Gasteiger partial charge in [0.2, 0.25) is 0 Å². The van der Waals surface area contributed by atoms with Gasteiger partial charge >= 0.3 is 11.7 Å². The SMILES string of the molecule is COc1ccc(C(=O)OC2CC(C)CCC2C(C)C)cc1[N+](=O)[O-]. The molecule has 0 heterocycles. The van der Waals surface area contributed by atoms with E-state index in [0.717, 1.165) is 19.3 Å². The largest absolute Gasteiger partial charge is 0.490 e. The van der Waals surface area contributed by atoms with Crippen LogP contribution in [0, 0.1) is 27.9 Å². The van der Waals surface area contributed by atoms with Gasteiger partial charge in [0, 0.05) is 6.07 Å². The molecule has 1 aromatic rings. The Balaban J connectivity index is 2.19. The molecule has 1 fully saturated rings. The van der Waals surface area contributed by atoms with Crippen molar-refractivity contribution in [2.75, 3.05) is 7.11 Å². The van der Waals surface area contributed by atoms with Crippen molar-refractivity contribution in [3.8, 4) is 5.75 Å². The number of hydrogen-bond donors (Lipinski definition) is 0. The number of nitrogens with zero attached hydrogens (tertiary/aromatic N) is 1. The zero-order valence-corrected chi connectivity index (χ0v) is 14.7. The van der Waals surface area contributed by atoms with Crippen LogP contribution in [0.2, 0.25) is 0 Å². The van der Waals surface area contributed by atoms with Crippen molar-refractivity contribution in [3.05, 3.63) is 33.9 Å². The Kier molecular flexibility index (Phi) is 5.80. The topological polar surface area (TPSA) is 78.7 Å². The first-order valence-corrected chi connectivity index (χ1v) is 8.36. The van der Waals surface area contributed by atoms with Gasteiger partial charge in [-0.05, 0) is 42.7 Å². The second kappa shape index (κ2) is 7.64. The number of ether oxygens (including phenoxy) is 2. The highest BCUT2D eigenvalue weighted by Gasteiger charge is 2.34. The van der Waals surface area contributed by atoms with Gasteiger partial charge in [0.05, 0.1) is 17.6 Å². The van der Waals surface area contributed by atoms with Crippen molar-refractivity contribution in [3.63, 3.8) is 0 Å². The third kappa shape index (κ3) is 4.04. The van der Waals surface area contributed by atoms with Crippen LogP contribution < -0.4 is 4.74 Å². The summed E-state index contributed by atoms with van der Waals surface area (Å²) in [5.41, 5.74) is -0.0485. The highest BCUT2D eigenvalue weighted by atomic mass is 16.6. The molecule has 3 atom stereocenters. The van der Waals surface area contributed by atoms with E-state index in [1.807, 2.05) is 0 Å². The lowest BCUT2D eigenvalue weighted by atomic mass is 9.75. The van der Waals surface area contributed by atoms with Crippen LogP contribution in [-0.4, -0.2) is 24.1 Å². The van der Waals surface area contributed by atoms with Crippen LogP contribution >= 0.6 is 0 Å². The second-order valence-electron chi connectivity index (χ2n) is 6.91. The quantitative estimate of drug-likeness (QED) is 0.457. The van der Waals surface area contributed by atoms with E-state index in [4.69, 9.17) is 9.47 Å². The van der Waals surface area contributed by atoms with Crippen LogP contribution in [-0.2, 0) is 4.74 Å². The summed E-state index contributed by atoms with van der Waals surface area (Å²) in [7, 11) is 1.36. The molecule has 0 aromatic heterocycles. The molecule has 1 aliphatic rings. The van der Waals surface area contributed by atoms with E-state index in [-0.39, 0.29) is 23.1 Å². The molecule has 0 aliphatic heterocycles. The van der Waals surface area contributed by atoms with Crippen LogP contribution in [0.3, 0.4) is 0 Å². The number of hydrogen-bond acceptors (Lipinski definition) is 5. The molecule has 6 nitrogen and oxygen atoms in total. The second-order valence-corrected chi connectivity index (χ2v) is 6.91. The van der Waals surface area contributed by atoms with Crippen molar-refractivity contribution >= 4 is 11.7 Å². The highest BCUT2D eigenvalue weighted by Crippen LogP contribution is 2.36. The minimum absolute atomic E-state index is 0.128. The number of nitro benzene ring substituents is 1. The van der Waals surface area contributed by atoms with Gasteiger partial charge in [0.25, 0.3) is 0 Å². The summed E-state index contributed by atoms with van der Waals surface area (Å²) >= 11 is 0. The Hall–Kier alpha value is -2.11. The van der Waals surface area contributed by atoms with Gasteiger partial charge in [-0.2, -0.15) is 0 Å². The van der Waals surface area contributed by atoms with Gasteiger partial charge in [-0.1, -0.05) is 27.2 Å². The molecule has 0 bridgehead atoms. The maximum absolute atomic E-state index is 12.5. The molecule has 0 saturated heterocycles. The molecule has 2 rings (SSSR count). The van der Waals surface area contributed by atoms with Crippen molar-refractivity contribution in [1.29, 1.82) is 0 Å².